The molecule has 1 aliphatic rings. The van der Waals surface area contributed by atoms with E-state index in [1.54, 1.807) is 0 Å². The molecule has 0 aliphatic carbocycles. The van der Waals surface area contributed by atoms with E-state index in [0.29, 0.717) is 0 Å². The van der Waals surface area contributed by atoms with E-state index >= 15 is 0 Å². The largest absolute Gasteiger partial charge is 0.346 e. The van der Waals surface area contributed by atoms with Gasteiger partial charge in [0.1, 0.15) is 0 Å². The molecule has 2 N–H and O–H groups in total. The number of nitrogens with zero attached hydrogens (tertiary/aromatic N) is 2. The van der Waals surface area contributed by atoms with Gasteiger partial charge < -0.3 is 15.1 Å². The Kier molecular flexibility index (Phi) is 4.70. The van der Waals surface area contributed by atoms with Crippen molar-refractivity contribution >= 4 is 0 Å². The van der Waals surface area contributed by atoms with Gasteiger partial charge in [-0.25, -0.2) is 0 Å². The predicted octanol–water partition coefficient (Wildman–Crippen LogP) is -0.794. The highest BCUT2D eigenvalue weighted by molar-refractivity contribution is 4.70. The van der Waals surface area contributed by atoms with E-state index in [9.17, 15) is 0 Å². The smallest absolute Gasteiger partial charge is 0.0770 e. The maximum absolute atomic E-state index is 2.52. The van der Waals surface area contributed by atoms with Crippen molar-refractivity contribution in [2.75, 3.05) is 47.3 Å². The summed E-state index contributed by atoms with van der Waals surface area (Å²) < 4.78 is 0. The third kappa shape index (κ3) is 4.07. The normalized spacial score (nSPS) is 20.1. The number of quaternary nitrogens is 1. The molecule has 1 heterocycles. The van der Waals surface area contributed by atoms with Crippen LogP contribution in [0.2, 0.25) is 0 Å². The zero-order valence-electron chi connectivity index (χ0n) is 9.29. The molecule has 1 aliphatic heterocycles. The van der Waals surface area contributed by atoms with Gasteiger partial charge in [-0.3, -0.25) is 0 Å². The average molecular weight is 186 g/mol. The van der Waals surface area contributed by atoms with Crippen LogP contribution in [0.25, 0.3) is 0 Å². The molecule has 0 spiro atoms. The van der Waals surface area contributed by atoms with Gasteiger partial charge in [-0.1, -0.05) is 0 Å². The molecule has 0 radical (unpaired) electrons. The lowest BCUT2D eigenvalue weighted by Gasteiger charge is -2.30. The lowest BCUT2D eigenvalue weighted by molar-refractivity contribution is -0.664. The molecule has 1 fully saturated rings. The molecule has 0 aromatic carbocycles. The second-order valence-electron chi connectivity index (χ2n) is 4.38. The Labute approximate surface area is 82.1 Å². The molecule has 0 unspecified atom stereocenters. The fourth-order valence-electron chi connectivity index (χ4n) is 1.89. The minimum absolute atomic E-state index is 0.838. The van der Waals surface area contributed by atoms with Crippen molar-refractivity contribution in [1.82, 2.24) is 9.80 Å². The van der Waals surface area contributed by atoms with E-state index in [-0.39, 0.29) is 0 Å². The van der Waals surface area contributed by atoms with Crippen LogP contribution in [0.4, 0.5) is 0 Å². The molecule has 0 atom stereocenters. The molecule has 0 amide bonds. The van der Waals surface area contributed by atoms with Crippen LogP contribution in [0.15, 0.2) is 0 Å². The zero-order valence-corrected chi connectivity index (χ0v) is 9.29. The van der Waals surface area contributed by atoms with Gasteiger partial charge >= 0.3 is 0 Å². The summed E-state index contributed by atoms with van der Waals surface area (Å²) in [5.74, 6) is 0. The van der Waals surface area contributed by atoms with Gasteiger partial charge in [0.2, 0.25) is 0 Å². The van der Waals surface area contributed by atoms with Gasteiger partial charge in [0.05, 0.1) is 13.1 Å². The van der Waals surface area contributed by atoms with Gasteiger partial charge in [-0.2, -0.15) is 0 Å². The van der Waals surface area contributed by atoms with Gasteiger partial charge in [-0.15, -0.1) is 0 Å². The molecule has 78 valence electrons. The van der Waals surface area contributed by atoms with Crippen molar-refractivity contribution in [1.29, 1.82) is 0 Å². The van der Waals surface area contributed by atoms with Gasteiger partial charge in [-0.05, 0) is 21.1 Å². The minimum Gasteiger partial charge on any atom is -0.346 e. The molecule has 0 aromatic heterocycles. The molecule has 13 heavy (non-hydrogen) atoms. The van der Waals surface area contributed by atoms with E-state index in [2.05, 4.69) is 36.3 Å². The number of likely N-dealkylation sites (N-methyl/N-ethyl adjacent to an activating group) is 2. The Morgan fingerprint density at radius 3 is 2.23 bits per heavy atom. The molecule has 0 bridgehead atoms. The molecule has 1 rings (SSSR count). The molecule has 0 saturated carbocycles. The minimum atomic E-state index is 0.838. The van der Waals surface area contributed by atoms with Crippen LogP contribution < -0.4 is 5.32 Å². The summed E-state index contributed by atoms with van der Waals surface area (Å²) in [6.07, 6.45) is 2.73. The molecule has 0 aromatic rings. The van der Waals surface area contributed by atoms with E-state index < -0.39 is 0 Å². The Hall–Kier alpha value is -0.120. The number of piperidine rings is 1. The quantitative estimate of drug-likeness (QED) is 0.622. The zero-order chi connectivity index (χ0) is 9.68. The second kappa shape index (κ2) is 5.58. The Bertz CT molecular complexity index is 130. The summed E-state index contributed by atoms with van der Waals surface area (Å²) in [6.45, 7) is 5.02. The van der Waals surface area contributed by atoms with Crippen molar-refractivity contribution in [2.45, 2.75) is 18.9 Å². The van der Waals surface area contributed by atoms with Gasteiger partial charge in [0.25, 0.3) is 0 Å². The average Bonchev–Trinajstić information content (AvgIpc) is 2.15. The van der Waals surface area contributed by atoms with Crippen LogP contribution >= 0.6 is 0 Å². The van der Waals surface area contributed by atoms with E-state index in [0.717, 1.165) is 6.04 Å². The van der Waals surface area contributed by atoms with Crippen molar-refractivity contribution in [3.05, 3.63) is 0 Å². The van der Waals surface area contributed by atoms with Crippen LogP contribution in [0.3, 0.4) is 0 Å². The van der Waals surface area contributed by atoms with Crippen molar-refractivity contribution in [2.24, 2.45) is 0 Å². The van der Waals surface area contributed by atoms with Crippen molar-refractivity contribution < 1.29 is 5.32 Å². The first-order chi connectivity index (χ1) is 6.20. The monoisotopic (exact) mass is 186 g/mol. The third-order valence-electron chi connectivity index (χ3n) is 2.93. The van der Waals surface area contributed by atoms with Crippen LogP contribution in [-0.4, -0.2) is 63.2 Å². The van der Waals surface area contributed by atoms with Gasteiger partial charge in [0, 0.05) is 32.0 Å². The first kappa shape index (κ1) is 11.0. The Morgan fingerprint density at radius 1 is 1.08 bits per heavy atom. The molecule has 3 nitrogen and oxygen atoms in total. The van der Waals surface area contributed by atoms with Crippen LogP contribution in [0, 0.1) is 0 Å². The van der Waals surface area contributed by atoms with Crippen molar-refractivity contribution in [3.8, 4) is 0 Å². The summed E-state index contributed by atoms with van der Waals surface area (Å²) in [6, 6.07) is 0.838. The highest BCUT2D eigenvalue weighted by Crippen LogP contribution is 2.06. The van der Waals surface area contributed by atoms with Gasteiger partial charge in [0.15, 0.2) is 0 Å². The summed E-state index contributed by atoms with van der Waals surface area (Å²) in [5.41, 5.74) is 0. The molecular formula is C10H24N3+. The van der Waals surface area contributed by atoms with E-state index in [1.165, 1.54) is 39.0 Å². The van der Waals surface area contributed by atoms with E-state index in [4.69, 9.17) is 0 Å². The lowest BCUT2D eigenvalue weighted by atomic mass is 10.1. The summed E-state index contributed by atoms with van der Waals surface area (Å²) in [5, 5.41) is 2.43. The van der Waals surface area contributed by atoms with Crippen LogP contribution in [0.1, 0.15) is 12.8 Å². The van der Waals surface area contributed by atoms with Crippen molar-refractivity contribution in [3.63, 3.8) is 0 Å². The fourth-order valence-corrected chi connectivity index (χ4v) is 1.89. The first-order valence-electron chi connectivity index (χ1n) is 5.37. The number of hydrogen-bond acceptors (Lipinski definition) is 2. The first-order valence-corrected chi connectivity index (χ1v) is 5.37. The van der Waals surface area contributed by atoms with Crippen LogP contribution in [-0.2, 0) is 0 Å². The second-order valence-corrected chi connectivity index (χ2v) is 4.38. The highest BCUT2D eigenvalue weighted by Gasteiger charge is 2.19. The van der Waals surface area contributed by atoms with E-state index in [1.807, 2.05) is 0 Å². The maximum Gasteiger partial charge on any atom is 0.0770 e. The topological polar surface area (TPSA) is 23.1 Å². The molecule has 1 saturated heterocycles. The summed E-state index contributed by atoms with van der Waals surface area (Å²) in [7, 11) is 6.55. The number of hydrogen-bond donors (Lipinski definition) is 1. The highest BCUT2D eigenvalue weighted by atomic mass is 15.2. The number of nitrogens with two attached hydrogens (primary N) is 1. The summed E-state index contributed by atoms with van der Waals surface area (Å²) in [4.78, 5) is 4.78. The number of rotatable bonds is 4. The Morgan fingerprint density at radius 2 is 1.69 bits per heavy atom. The maximum atomic E-state index is 2.52. The van der Waals surface area contributed by atoms with Crippen LogP contribution in [0.5, 0.6) is 0 Å². The third-order valence-corrected chi connectivity index (χ3v) is 2.93. The predicted molar refractivity (Wildman–Crippen MR) is 55.9 cm³/mol. The SMILES string of the molecule is CN(C)CCN(C)C1CC[NH2+]CC1. The Balaban J connectivity index is 2.17. The molecular weight excluding hydrogens is 162 g/mol. The molecule has 3 heteroatoms. The lowest BCUT2D eigenvalue weighted by Crippen LogP contribution is -2.87. The fraction of sp³-hybridized carbons (Fsp3) is 1.00. The summed E-state index contributed by atoms with van der Waals surface area (Å²) >= 11 is 0. The standard InChI is InChI=1S/C10H23N3/c1-12(2)8-9-13(3)10-4-6-11-7-5-10/h10-11H,4-9H2,1-3H3/p+1.